The molecule has 1 aliphatic rings. The van der Waals surface area contributed by atoms with Crippen LogP contribution in [-0.2, 0) is 0 Å². The quantitative estimate of drug-likeness (QED) is 0.373. The summed E-state index contributed by atoms with van der Waals surface area (Å²) in [6, 6.07) is 6.07. The number of hydrogen-bond acceptors (Lipinski definition) is 5. The van der Waals surface area contributed by atoms with E-state index < -0.39 is 5.54 Å². The average molecular weight is 277 g/mol. The second-order valence-corrected chi connectivity index (χ2v) is 5.66. The van der Waals surface area contributed by atoms with E-state index in [2.05, 4.69) is 19.9 Å². The van der Waals surface area contributed by atoms with Crippen LogP contribution >= 0.6 is 0 Å². The summed E-state index contributed by atoms with van der Waals surface area (Å²) in [5.41, 5.74) is 6.38. The maximum Gasteiger partial charge on any atom is 0.159 e. The Morgan fingerprint density at radius 2 is 1.95 bits per heavy atom. The normalized spacial score (nSPS) is 18.4. The van der Waals surface area contributed by atoms with Gasteiger partial charge in [-0.2, -0.15) is 0 Å². The lowest BCUT2D eigenvalue weighted by atomic mass is 10.0. The van der Waals surface area contributed by atoms with Crippen LogP contribution in [0, 0.1) is 6.92 Å². The molecule has 1 saturated heterocycles. The van der Waals surface area contributed by atoms with Gasteiger partial charge in [0.1, 0.15) is 5.82 Å². The maximum absolute atomic E-state index is 8.88. The van der Waals surface area contributed by atoms with Gasteiger partial charge in [0, 0.05) is 31.9 Å². The molecular weight excluding hydrogens is 254 g/mol. The van der Waals surface area contributed by atoms with Gasteiger partial charge in [-0.15, -0.1) is 0 Å². The van der Waals surface area contributed by atoms with E-state index in [1.165, 1.54) is 0 Å². The van der Waals surface area contributed by atoms with Crippen molar-refractivity contribution in [1.29, 1.82) is 0 Å². The van der Waals surface area contributed by atoms with Crippen molar-refractivity contribution in [3.8, 4) is 0 Å². The molecule has 0 radical (unpaired) electrons. The van der Waals surface area contributed by atoms with Gasteiger partial charge < -0.3 is 15.8 Å². The van der Waals surface area contributed by atoms with Gasteiger partial charge in [-0.3, -0.25) is 4.90 Å². The highest BCUT2D eigenvalue weighted by atomic mass is 16.4. The number of oxime groups is 1. The van der Waals surface area contributed by atoms with Crippen LogP contribution in [0.1, 0.15) is 19.5 Å². The van der Waals surface area contributed by atoms with Crippen molar-refractivity contribution >= 4 is 11.7 Å². The van der Waals surface area contributed by atoms with Gasteiger partial charge >= 0.3 is 0 Å². The molecule has 0 amide bonds. The number of amidine groups is 1. The van der Waals surface area contributed by atoms with E-state index in [-0.39, 0.29) is 5.84 Å². The SMILES string of the molecule is Cc1cccc(N2CCN(C(C)(C)C(N)=NO)CC2)n1. The van der Waals surface area contributed by atoms with Crippen molar-refractivity contribution in [2.45, 2.75) is 26.3 Å². The van der Waals surface area contributed by atoms with Gasteiger partial charge in [-0.1, -0.05) is 11.2 Å². The van der Waals surface area contributed by atoms with Crippen LogP contribution in [0.5, 0.6) is 0 Å². The highest BCUT2D eigenvalue weighted by molar-refractivity contribution is 5.88. The van der Waals surface area contributed by atoms with Crippen molar-refractivity contribution in [2.75, 3.05) is 31.1 Å². The molecule has 1 aliphatic heterocycles. The molecule has 1 aromatic heterocycles. The van der Waals surface area contributed by atoms with Crippen LogP contribution in [0.15, 0.2) is 23.4 Å². The second-order valence-electron chi connectivity index (χ2n) is 5.66. The summed E-state index contributed by atoms with van der Waals surface area (Å²) in [6.45, 7) is 9.45. The number of piperazine rings is 1. The lowest BCUT2D eigenvalue weighted by Gasteiger charge is -2.43. The van der Waals surface area contributed by atoms with Crippen LogP contribution < -0.4 is 10.6 Å². The Balaban J connectivity index is 2.03. The van der Waals surface area contributed by atoms with Gasteiger partial charge in [0.15, 0.2) is 5.84 Å². The third-order valence-corrected chi connectivity index (χ3v) is 4.00. The van der Waals surface area contributed by atoms with Gasteiger partial charge in [0.25, 0.3) is 0 Å². The van der Waals surface area contributed by atoms with Crippen molar-refractivity contribution in [2.24, 2.45) is 10.9 Å². The van der Waals surface area contributed by atoms with E-state index in [1.807, 2.05) is 39.0 Å². The fourth-order valence-corrected chi connectivity index (χ4v) is 2.48. The standard InChI is InChI=1S/C14H23N5O/c1-11-5-4-6-12(16-11)18-7-9-19(10-8-18)14(2,3)13(15)17-20/h4-6,20H,7-10H2,1-3H3,(H2,15,17). The molecule has 1 fully saturated rings. The Hall–Kier alpha value is -1.82. The molecule has 0 spiro atoms. The summed E-state index contributed by atoms with van der Waals surface area (Å²) in [6.07, 6.45) is 0. The van der Waals surface area contributed by atoms with Crippen LogP contribution in [0.4, 0.5) is 5.82 Å². The number of pyridine rings is 1. The Morgan fingerprint density at radius 3 is 2.50 bits per heavy atom. The van der Waals surface area contributed by atoms with Gasteiger partial charge in [0.2, 0.25) is 0 Å². The third kappa shape index (κ3) is 2.85. The molecule has 6 nitrogen and oxygen atoms in total. The number of rotatable bonds is 3. The van der Waals surface area contributed by atoms with Crippen LogP contribution in [0.25, 0.3) is 0 Å². The first-order chi connectivity index (χ1) is 9.45. The number of nitrogens with two attached hydrogens (primary N) is 1. The summed E-state index contributed by atoms with van der Waals surface area (Å²) in [7, 11) is 0. The zero-order valence-corrected chi connectivity index (χ0v) is 12.4. The van der Waals surface area contributed by atoms with Crippen LogP contribution in [0.3, 0.4) is 0 Å². The minimum Gasteiger partial charge on any atom is -0.409 e. The summed E-state index contributed by atoms with van der Waals surface area (Å²) >= 11 is 0. The smallest absolute Gasteiger partial charge is 0.159 e. The van der Waals surface area contributed by atoms with E-state index in [0.29, 0.717) is 0 Å². The molecule has 0 aromatic carbocycles. The molecule has 0 bridgehead atoms. The lowest BCUT2D eigenvalue weighted by molar-refractivity contribution is 0.161. The summed E-state index contributed by atoms with van der Waals surface area (Å²) in [4.78, 5) is 9.05. The average Bonchev–Trinajstić information content (AvgIpc) is 2.46. The summed E-state index contributed by atoms with van der Waals surface area (Å²) in [5, 5.41) is 12.0. The third-order valence-electron chi connectivity index (χ3n) is 4.00. The predicted octanol–water partition coefficient (Wildman–Crippen LogP) is 1.04. The minimum absolute atomic E-state index is 0.250. The molecule has 2 heterocycles. The fourth-order valence-electron chi connectivity index (χ4n) is 2.48. The largest absolute Gasteiger partial charge is 0.409 e. The Labute approximate surface area is 119 Å². The number of anilines is 1. The maximum atomic E-state index is 8.88. The van der Waals surface area contributed by atoms with E-state index in [0.717, 1.165) is 37.7 Å². The van der Waals surface area contributed by atoms with Gasteiger partial charge in [-0.05, 0) is 32.9 Å². The lowest BCUT2D eigenvalue weighted by Crippen LogP contribution is -2.59. The first-order valence-corrected chi connectivity index (χ1v) is 6.87. The predicted molar refractivity (Wildman–Crippen MR) is 80.2 cm³/mol. The molecule has 2 rings (SSSR count). The topological polar surface area (TPSA) is 78.0 Å². The highest BCUT2D eigenvalue weighted by Crippen LogP contribution is 2.20. The van der Waals surface area contributed by atoms with E-state index in [4.69, 9.17) is 10.9 Å². The number of hydrogen-bond donors (Lipinski definition) is 2. The molecule has 0 aliphatic carbocycles. The molecule has 3 N–H and O–H groups in total. The molecule has 110 valence electrons. The zero-order chi connectivity index (χ0) is 14.8. The van der Waals surface area contributed by atoms with Crippen LogP contribution in [0.2, 0.25) is 0 Å². The Morgan fingerprint density at radius 1 is 1.30 bits per heavy atom. The minimum atomic E-state index is -0.430. The van der Waals surface area contributed by atoms with Crippen molar-refractivity contribution in [3.05, 3.63) is 23.9 Å². The summed E-state index contributed by atoms with van der Waals surface area (Å²) in [5.74, 6) is 1.27. The van der Waals surface area contributed by atoms with Gasteiger partial charge in [-0.25, -0.2) is 4.98 Å². The monoisotopic (exact) mass is 277 g/mol. The second kappa shape index (κ2) is 5.66. The molecule has 20 heavy (non-hydrogen) atoms. The van der Waals surface area contributed by atoms with E-state index in [9.17, 15) is 0 Å². The fraction of sp³-hybridized carbons (Fsp3) is 0.571. The Kier molecular flexibility index (Phi) is 4.13. The first kappa shape index (κ1) is 14.6. The number of aryl methyl sites for hydroxylation is 1. The van der Waals surface area contributed by atoms with E-state index >= 15 is 0 Å². The number of aromatic nitrogens is 1. The van der Waals surface area contributed by atoms with Gasteiger partial charge in [0.05, 0.1) is 5.54 Å². The van der Waals surface area contributed by atoms with Crippen molar-refractivity contribution in [3.63, 3.8) is 0 Å². The van der Waals surface area contributed by atoms with Crippen molar-refractivity contribution in [1.82, 2.24) is 9.88 Å². The molecule has 0 atom stereocenters. The van der Waals surface area contributed by atoms with E-state index in [1.54, 1.807) is 0 Å². The Bertz CT molecular complexity index is 492. The summed E-state index contributed by atoms with van der Waals surface area (Å²) < 4.78 is 0. The first-order valence-electron chi connectivity index (χ1n) is 6.87. The number of nitrogens with zero attached hydrogens (tertiary/aromatic N) is 4. The molecule has 0 unspecified atom stereocenters. The molecule has 1 aromatic rings. The van der Waals surface area contributed by atoms with Crippen molar-refractivity contribution < 1.29 is 5.21 Å². The molecule has 0 saturated carbocycles. The zero-order valence-electron chi connectivity index (χ0n) is 12.4. The molecule has 6 heteroatoms. The van der Waals surface area contributed by atoms with Crippen LogP contribution in [-0.4, -0.2) is 52.6 Å². The highest BCUT2D eigenvalue weighted by Gasteiger charge is 2.33. The molecular formula is C14H23N5O.